The first-order valence-corrected chi connectivity index (χ1v) is 35.2. The van der Waals surface area contributed by atoms with E-state index in [0.717, 1.165) is 162 Å². The lowest BCUT2D eigenvalue weighted by molar-refractivity contribution is -0.660. The highest BCUT2D eigenvalue weighted by Crippen LogP contribution is 2.54. The van der Waals surface area contributed by atoms with Crippen LogP contribution in [0.4, 0.5) is 0 Å². The Morgan fingerprint density at radius 3 is 1.09 bits per heavy atom. The highest BCUT2D eigenvalue weighted by atomic mass is 16.5. The highest BCUT2D eigenvalue weighted by molar-refractivity contribution is 5.75. The Balaban J connectivity index is 0.000000136. The second-order valence-corrected chi connectivity index (χ2v) is 30.2. The molecule has 7 aliphatic rings. The maximum Gasteiger partial charge on any atom is 0.216 e. The van der Waals surface area contributed by atoms with Crippen LogP contribution in [0, 0.1) is 55.1 Å². The molecule has 3 fully saturated rings. The molecule has 0 saturated heterocycles. The lowest BCUT2D eigenvalue weighted by atomic mass is 9.67. The molecule has 8 heterocycles. The van der Waals surface area contributed by atoms with Crippen molar-refractivity contribution < 1.29 is 56.4 Å². The number of aromatic nitrogens is 4. The van der Waals surface area contributed by atoms with Crippen molar-refractivity contribution >= 4 is 0 Å². The summed E-state index contributed by atoms with van der Waals surface area (Å²) < 4.78 is 144. The minimum atomic E-state index is -2.17. The Hall–Kier alpha value is -7.32. The lowest BCUT2D eigenvalue weighted by Crippen LogP contribution is -2.47. The van der Waals surface area contributed by atoms with Gasteiger partial charge in [-0.05, 0) is 260 Å². The fraction of sp³-hybridized carbons (Fsp3) is 0.494. The van der Waals surface area contributed by atoms with Crippen molar-refractivity contribution in [3.8, 4) is 68.0 Å². The van der Waals surface area contributed by atoms with E-state index in [0.29, 0.717) is 34.4 Å². The average molecular weight is 1290 g/mol. The van der Waals surface area contributed by atoms with Crippen molar-refractivity contribution in [2.24, 2.45) is 28.2 Å². The topological polar surface area (TPSA) is 52.4 Å². The van der Waals surface area contributed by atoms with Gasteiger partial charge in [0.25, 0.3) is 0 Å². The first-order chi connectivity index (χ1) is 50.9. The van der Waals surface area contributed by atoms with E-state index in [-0.39, 0.29) is 27.8 Å². The van der Waals surface area contributed by atoms with Gasteiger partial charge in [0, 0.05) is 71.3 Å². The molecule has 0 amide bonds. The number of aryl methyl sites for hydroxylation is 15. The molecule has 4 aliphatic heterocycles. The van der Waals surface area contributed by atoms with Crippen molar-refractivity contribution in [3.05, 3.63) is 189 Å². The van der Waals surface area contributed by atoms with Gasteiger partial charge in [-0.1, -0.05) is 81.6 Å². The molecular weight excluding hydrogens is 1160 g/mol. The van der Waals surface area contributed by atoms with E-state index in [1.54, 1.807) is 49.1 Å². The van der Waals surface area contributed by atoms with Crippen LogP contribution < -0.4 is 37.2 Å². The van der Waals surface area contributed by atoms with Crippen LogP contribution in [0.5, 0.6) is 23.0 Å². The van der Waals surface area contributed by atoms with Crippen LogP contribution in [0.3, 0.4) is 0 Å². The summed E-state index contributed by atoms with van der Waals surface area (Å²) in [4.78, 5) is 0. The molecule has 8 heteroatoms. The zero-order chi connectivity index (χ0) is 79.0. The van der Waals surface area contributed by atoms with E-state index in [1.807, 2.05) is 89.8 Å². The van der Waals surface area contributed by atoms with E-state index in [4.69, 9.17) is 38.1 Å². The van der Waals surface area contributed by atoms with E-state index >= 15 is 0 Å². The van der Waals surface area contributed by atoms with E-state index in [1.165, 1.54) is 67.2 Å². The Kier molecular flexibility index (Phi) is 14.9. The van der Waals surface area contributed by atoms with Crippen LogP contribution in [-0.2, 0) is 52.8 Å². The molecular formula is C87H112N4O4+4. The van der Waals surface area contributed by atoms with Crippen molar-refractivity contribution in [1.82, 2.24) is 0 Å². The van der Waals surface area contributed by atoms with Crippen LogP contribution >= 0.6 is 0 Å². The molecule has 95 heavy (non-hydrogen) atoms. The zero-order valence-corrected chi connectivity index (χ0v) is 58.8. The molecule has 8 nitrogen and oxygen atoms in total. The predicted molar refractivity (Wildman–Crippen MR) is 387 cm³/mol. The maximum absolute atomic E-state index is 8.77. The first kappa shape index (κ1) is 51.9. The molecule has 3 saturated carbocycles. The van der Waals surface area contributed by atoms with Crippen molar-refractivity contribution in [1.29, 1.82) is 0 Å². The summed E-state index contributed by atoms with van der Waals surface area (Å²) in [5, 5.41) is 0. The molecule has 0 bridgehead atoms. The largest absolute Gasteiger partial charge is 0.487 e. The number of pyridine rings is 4. The quantitative estimate of drug-likeness (QED) is 0.165. The number of ether oxygens (including phenoxy) is 4. The van der Waals surface area contributed by atoms with Gasteiger partial charge in [-0.2, -0.15) is 0 Å². The lowest BCUT2D eigenvalue weighted by Gasteiger charge is -2.48. The third-order valence-electron chi connectivity index (χ3n) is 21.8. The maximum atomic E-state index is 8.77. The number of fused-ring (bicyclic) bond motifs is 4. The van der Waals surface area contributed by atoms with Gasteiger partial charge >= 0.3 is 0 Å². The van der Waals surface area contributed by atoms with Gasteiger partial charge in [-0.25, -0.2) is 18.3 Å². The third-order valence-corrected chi connectivity index (χ3v) is 21.8. The number of hydrogen-bond acceptors (Lipinski definition) is 4. The minimum absolute atomic E-state index is 0.00893. The first-order valence-electron chi connectivity index (χ1n) is 42.2. The zero-order valence-electron chi connectivity index (χ0n) is 72.8. The number of benzene rings is 4. The van der Waals surface area contributed by atoms with Crippen LogP contribution in [0.2, 0.25) is 0 Å². The second-order valence-electron chi connectivity index (χ2n) is 30.2. The van der Waals surface area contributed by atoms with Gasteiger partial charge in [0.15, 0.2) is 24.8 Å². The fourth-order valence-electron chi connectivity index (χ4n) is 16.6. The van der Waals surface area contributed by atoms with Gasteiger partial charge in [0.1, 0.15) is 73.6 Å². The van der Waals surface area contributed by atoms with Gasteiger partial charge in [0.05, 0.1) is 22.3 Å². The molecule has 4 aromatic heterocycles. The van der Waals surface area contributed by atoms with Crippen LogP contribution in [0.25, 0.3) is 45.0 Å². The second kappa shape index (κ2) is 27.3. The normalized spacial score (nSPS) is 22.0. The summed E-state index contributed by atoms with van der Waals surface area (Å²) in [6.45, 7) is 8.72. The predicted octanol–water partition coefficient (Wildman–Crippen LogP) is 19.1. The molecule has 15 rings (SSSR count). The fourth-order valence-corrected chi connectivity index (χ4v) is 16.6. The Morgan fingerprint density at radius 2 is 0.684 bits per heavy atom. The van der Waals surface area contributed by atoms with Crippen molar-refractivity contribution in [2.45, 2.75) is 252 Å². The van der Waals surface area contributed by atoms with E-state index in [2.05, 4.69) is 84.9 Å². The molecule has 8 aromatic rings. The molecule has 0 N–H and O–H groups in total. The van der Waals surface area contributed by atoms with Crippen LogP contribution in [-0.4, -0.2) is 22.4 Å². The van der Waals surface area contributed by atoms with E-state index < -0.39 is 39.4 Å². The van der Waals surface area contributed by atoms with Gasteiger partial charge in [-0.3, -0.25) is 0 Å². The molecule has 3 aliphatic carbocycles. The molecule has 0 radical (unpaired) electrons. The summed E-state index contributed by atoms with van der Waals surface area (Å²) in [6.07, 6.45) is 28.0. The van der Waals surface area contributed by atoms with Crippen molar-refractivity contribution in [3.63, 3.8) is 0 Å². The monoisotopic (exact) mass is 1290 g/mol. The summed E-state index contributed by atoms with van der Waals surface area (Å²) in [5.74, 6) is 3.57. The Morgan fingerprint density at radius 1 is 0.347 bits per heavy atom. The van der Waals surface area contributed by atoms with Crippen molar-refractivity contribution in [2.75, 3.05) is 0 Å². The third kappa shape index (κ3) is 14.3. The van der Waals surface area contributed by atoms with E-state index in [9.17, 15) is 0 Å². The van der Waals surface area contributed by atoms with Crippen LogP contribution in [0.15, 0.2) is 122 Å². The SMILES string of the molecule is [2H]C([2H])([2H])c1ccc(-c2c(C)ccc3c2OC(C)(C)CC3)[n+](C)c1.[2H]C([2H])([2H])c1ccc(-c2c(C)ccc3c2OC2(CCCCC2)CC3(C)C)[n+](C)c1.[2H]C([2H])([2H])c1ccc(-c2c(C)ccc3c2OC2(CCCCC2)CC3([2H])[2H])[n+](C)c1.[2H]C([2H])([2H])c1ccc(-c2c(C)ccc3c2OC2(CCCCC2)CC3)[n+](C)c1. The molecule has 4 aromatic carbocycles. The summed E-state index contributed by atoms with van der Waals surface area (Å²) >= 11 is 0. The number of rotatable bonds is 4. The highest BCUT2D eigenvalue weighted by Gasteiger charge is 2.48. The molecule has 500 valence electrons. The van der Waals surface area contributed by atoms with Gasteiger partial charge in [-0.15, -0.1) is 0 Å². The van der Waals surface area contributed by atoms with Gasteiger partial charge in [0.2, 0.25) is 22.8 Å². The summed E-state index contributed by atoms with van der Waals surface area (Å²) in [6, 6.07) is 31.1. The minimum Gasteiger partial charge on any atom is -0.487 e. The number of nitrogens with zero attached hydrogens (tertiary/aromatic N) is 4. The molecule has 0 unspecified atom stereocenters. The number of hydrogen-bond donors (Lipinski definition) is 0. The summed E-state index contributed by atoms with van der Waals surface area (Å²) in [7, 11) is 7.56. The Bertz CT molecular complexity index is 4570. The molecule has 3 spiro atoms. The summed E-state index contributed by atoms with van der Waals surface area (Å²) in [5.41, 5.74) is 17.4. The Labute approximate surface area is 590 Å². The molecule has 0 atom stereocenters. The standard InChI is InChI=1S/C24H32NO.2C22H28NO.C19H24NO/c1-17-9-12-20(25(5)15-17)21-18(2)10-11-19-22(21)26-24(16-23(19,3)4)13-7-6-8-14-24;2*1-16-7-10-19(23(3)15-16)20-17(2)8-9-18-11-14-22(24-21(18)20)12-5-4-6-13-22;1-13-6-9-16(20(5)12-13)17-14(2)7-8-15-10-11-19(3,4)21-18(15)17/h9-12,15H,6-8,13-14,16H2,1-5H3;2*7-10,15H,4-6,11-14H2,1-3H3;6-9,12H,10-11H2,1-5H3/q4*+1/i1D3;1D3,11D2;2*1D3. The smallest absolute Gasteiger partial charge is 0.216 e. The van der Waals surface area contributed by atoms with Crippen LogP contribution in [0.1, 0.15) is 236 Å². The van der Waals surface area contributed by atoms with Gasteiger partial charge < -0.3 is 18.9 Å². The average Bonchev–Trinajstić information content (AvgIpc) is 0.726.